The van der Waals surface area contributed by atoms with Gasteiger partial charge in [-0.1, -0.05) is 0 Å². The Morgan fingerprint density at radius 1 is 1.16 bits per heavy atom. The largest absolute Gasteiger partial charge is 0.497 e. The zero-order valence-electron chi connectivity index (χ0n) is 19.5. The Morgan fingerprint density at radius 2 is 1.88 bits per heavy atom. The molecule has 1 aromatic carbocycles. The fraction of sp³-hybridized carbons (Fsp3) is 0.500. The van der Waals surface area contributed by atoms with Crippen molar-refractivity contribution in [2.24, 2.45) is 0 Å². The molecule has 0 spiro atoms. The second-order valence-electron chi connectivity index (χ2n) is 8.02. The summed E-state index contributed by atoms with van der Waals surface area (Å²) in [5.41, 5.74) is 2.98. The molecular weight excluding hydrogens is 408 g/mol. The molecule has 1 aliphatic heterocycles. The lowest BCUT2D eigenvalue weighted by Gasteiger charge is -2.32. The van der Waals surface area contributed by atoms with Crippen LogP contribution in [0.1, 0.15) is 58.8 Å². The fourth-order valence-corrected chi connectivity index (χ4v) is 4.15. The second-order valence-corrected chi connectivity index (χ2v) is 8.02. The van der Waals surface area contributed by atoms with E-state index in [4.69, 9.17) is 19.4 Å². The van der Waals surface area contributed by atoms with Crippen molar-refractivity contribution in [1.82, 2.24) is 20.2 Å². The van der Waals surface area contributed by atoms with Gasteiger partial charge in [-0.2, -0.15) is 0 Å². The molecule has 2 heterocycles. The van der Waals surface area contributed by atoms with E-state index in [-0.39, 0.29) is 24.2 Å². The normalized spacial score (nSPS) is 15.9. The van der Waals surface area contributed by atoms with Gasteiger partial charge < -0.3 is 19.7 Å². The number of rotatable bonds is 7. The number of nitrogens with zero attached hydrogens (tertiary/aromatic N) is 3. The van der Waals surface area contributed by atoms with E-state index >= 15 is 0 Å². The zero-order valence-corrected chi connectivity index (χ0v) is 19.5. The molecular formula is C24H32N4O4. The molecule has 2 amide bonds. The Labute approximate surface area is 189 Å². The molecule has 8 heteroatoms. The van der Waals surface area contributed by atoms with Crippen LogP contribution in [0.15, 0.2) is 18.2 Å². The first-order valence-corrected chi connectivity index (χ1v) is 11.0. The van der Waals surface area contributed by atoms with Crippen LogP contribution in [0.4, 0.5) is 0 Å². The van der Waals surface area contributed by atoms with E-state index in [1.807, 2.05) is 25.7 Å². The zero-order chi connectivity index (χ0) is 23.3. The van der Waals surface area contributed by atoms with Crippen molar-refractivity contribution in [3.05, 3.63) is 46.5 Å². The van der Waals surface area contributed by atoms with Gasteiger partial charge in [0.2, 0.25) is 5.91 Å². The minimum absolute atomic E-state index is 0.0308. The van der Waals surface area contributed by atoms with Gasteiger partial charge in [0, 0.05) is 42.5 Å². The lowest BCUT2D eigenvalue weighted by Crippen LogP contribution is -2.39. The summed E-state index contributed by atoms with van der Waals surface area (Å²) in [7, 11) is 3.13. The van der Waals surface area contributed by atoms with Gasteiger partial charge in [0.1, 0.15) is 17.3 Å². The number of nitrogens with one attached hydrogen (secondary N) is 1. The van der Waals surface area contributed by atoms with E-state index in [1.165, 1.54) is 0 Å². The van der Waals surface area contributed by atoms with Crippen LogP contribution in [0.5, 0.6) is 11.5 Å². The van der Waals surface area contributed by atoms with Crippen molar-refractivity contribution in [3.63, 3.8) is 0 Å². The number of carbonyl (C=O) groups is 2. The van der Waals surface area contributed by atoms with Crippen molar-refractivity contribution < 1.29 is 19.1 Å². The highest BCUT2D eigenvalue weighted by molar-refractivity contribution is 5.97. The third-order valence-electron chi connectivity index (χ3n) is 5.86. The summed E-state index contributed by atoms with van der Waals surface area (Å²) in [6.07, 6.45) is 2.05. The maximum absolute atomic E-state index is 13.3. The highest BCUT2D eigenvalue weighted by Gasteiger charge is 2.29. The maximum atomic E-state index is 13.3. The van der Waals surface area contributed by atoms with Crippen LogP contribution in [-0.4, -0.2) is 60.5 Å². The third kappa shape index (κ3) is 5.18. The third-order valence-corrected chi connectivity index (χ3v) is 5.86. The van der Waals surface area contributed by atoms with Gasteiger partial charge in [-0.05, 0) is 51.8 Å². The minimum Gasteiger partial charge on any atom is -0.497 e. The van der Waals surface area contributed by atoms with Gasteiger partial charge in [-0.3, -0.25) is 9.59 Å². The smallest absolute Gasteiger partial charge is 0.257 e. The topological polar surface area (TPSA) is 93.7 Å². The maximum Gasteiger partial charge on any atom is 0.257 e. The number of likely N-dealkylation sites (N-methyl/N-ethyl adjacent to an activating group) is 1. The molecule has 2 aromatic rings. The summed E-state index contributed by atoms with van der Waals surface area (Å²) >= 11 is 0. The first-order valence-electron chi connectivity index (χ1n) is 11.0. The van der Waals surface area contributed by atoms with Crippen molar-refractivity contribution in [2.45, 2.75) is 46.0 Å². The summed E-state index contributed by atoms with van der Waals surface area (Å²) in [5, 5.41) is 2.82. The number of benzene rings is 1. The Morgan fingerprint density at radius 3 is 2.50 bits per heavy atom. The predicted octanol–water partition coefficient (Wildman–Crippen LogP) is 2.81. The van der Waals surface area contributed by atoms with Crippen LogP contribution in [0.25, 0.3) is 0 Å². The molecule has 0 aliphatic carbocycles. The second kappa shape index (κ2) is 10.4. The number of carbonyl (C=O) groups excluding carboxylic acids is 2. The molecule has 32 heavy (non-hydrogen) atoms. The summed E-state index contributed by atoms with van der Waals surface area (Å²) in [6.45, 7) is 7.53. The Hall–Kier alpha value is -3.16. The highest BCUT2D eigenvalue weighted by Crippen LogP contribution is 2.30. The molecule has 0 saturated carbocycles. The van der Waals surface area contributed by atoms with E-state index in [1.54, 1.807) is 32.4 Å². The molecule has 0 unspecified atom stereocenters. The van der Waals surface area contributed by atoms with Crippen molar-refractivity contribution >= 4 is 11.8 Å². The average Bonchev–Trinajstić information content (AvgIpc) is 2.80. The van der Waals surface area contributed by atoms with Gasteiger partial charge in [-0.25, -0.2) is 9.97 Å². The summed E-state index contributed by atoms with van der Waals surface area (Å²) in [6, 6.07) is 5.23. The van der Waals surface area contributed by atoms with Crippen molar-refractivity contribution in [2.75, 3.05) is 33.9 Å². The lowest BCUT2D eigenvalue weighted by atomic mass is 9.95. The number of hydrogen-bond donors (Lipinski definition) is 1. The number of amides is 2. The fourth-order valence-electron chi connectivity index (χ4n) is 4.15. The number of hydrogen-bond acceptors (Lipinski definition) is 6. The number of likely N-dealkylation sites (tertiary alicyclic amines) is 1. The molecule has 0 bridgehead atoms. The van der Waals surface area contributed by atoms with Crippen molar-refractivity contribution in [1.29, 1.82) is 0 Å². The first kappa shape index (κ1) is 23.5. The summed E-state index contributed by atoms with van der Waals surface area (Å²) in [4.78, 5) is 36.6. The number of methoxy groups -OCH3 is 2. The number of aromatic nitrogens is 2. The molecule has 8 nitrogen and oxygen atoms in total. The van der Waals surface area contributed by atoms with Gasteiger partial charge in [0.05, 0.1) is 26.2 Å². The van der Waals surface area contributed by atoms with E-state index in [0.717, 1.165) is 35.6 Å². The average molecular weight is 441 g/mol. The van der Waals surface area contributed by atoms with E-state index < -0.39 is 0 Å². The SMILES string of the molecule is CCNC(=O)Cc1c(C)nc([C@H]2CCCN(C(=O)c3cc(OC)ccc3OC)C2)nc1C. The predicted molar refractivity (Wildman–Crippen MR) is 121 cm³/mol. The van der Waals surface area contributed by atoms with E-state index in [0.29, 0.717) is 36.7 Å². The molecule has 1 fully saturated rings. The number of ether oxygens (including phenoxy) is 2. The Balaban J connectivity index is 1.80. The molecule has 1 aliphatic rings. The standard InChI is InChI=1S/C24H32N4O4/c1-6-25-22(29)13-19-15(2)26-23(27-16(19)3)17-8-7-11-28(14-17)24(30)20-12-18(31-4)9-10-21(20)32-5/h9-10,12,17H,6-8,11,13-14H2,1-5H3,(H,25,29)/t17-/m0/s1. The molecule has 172 valence electrons. The number of piperidine rings is 1. The van der Waals surface area contributed by atoms with Crippen molar-refractivity contribution in [3.8, 4) is 11.5 Å². The van der Waals surface area contributed by atoms with Crippen LogP contribution >= 0.6 is 0 Å². The van der Waals surface area contributed by atoms with E-state index in [2.05, 4.69) is 5.32 Å². The quantitative estimate of drug-likeness (QED) is 0.712. The summed E-state index contributed by atoms with van der Waals surface area (Å²) in [5.74, 6) is 1.79. The van der Waals surface area contributed by atoms with Crippen LogP contribution < -0.4 is 14.8 Å². The van der Waals surface area contributed by atoms with Crippen LogP contribution in [0.2, 0.25) is 0 Å². The first-order chi connectivity index (χ1) is 15.4. The van der Waals surface area contributed by atoms with Crippen LogP contribution in [-0.2, 0) is 11.2 Å². The van der Waals surface area contributed by atoms with Crippen LogP contribution in [0.3, 0.4) is 0 Å². The van der Waals surface area contributed by atoms with Gasteiger partial charge in [0.15, 0.2) is 0 Å². The molecule has 1 saturated heterocycles. The van der Waals surface area contributed by atoms with Gasteiger partial charge in [-0.15, -0.1) is 0 Å². The molecule has 1 atom stereocenters. The molecule has 0 radical (unpaired) electrons. The molecule has 3 rings (SSSR count). The number of aryl methyl sites for hydroxylation is 2. The monoisotopic (exact) mass is 440 g/mol. The van der Waals surface area contributed by atoms with E-state index in [9.17, 15) is 9.59 Å². The van der Waals surface area contributed by atoms with Crippen LogP contribution in [0, 0.1) is 13.8 Å². The molecule has 1 N–H and O–H groups in total. The minimum atomic E-state index is -0.0910. The Bertz CT molecular complexity index is 969. The Kier molecular flexibility index (Phi) is 7.66. The lowest BCUT2D eigenvalue weighted by molar-refractivity contribution is -0.120. The molecule has 1 aromatic heterocycles. The summed E-state index contributed by atoms with van der Waals surface area (Å²) < 4.78 is 10.7. The van der Waals surface area contributed by atoms with Gasteiger partial charge >= 0.3 is 0 Å². The van der Waals surface area contributed by atoms with Gasteiger partial charge in [0.25, 0.3) is 5.91 Å². The highest BCUT2D eigenvalue weighted by atomic mass is 16.5.